The van der Waals surface area contributed by atoms with Crippen molar-refractivity contribution < 1.29 is 4.79 Å². The minimum absolute atomic E-state index is 0.185. The predicted molar refractivity (Wildman–Crippen MR) is 64.2 cm³/mol. The van der Waals surface area contributed by atoms with Crippen LogP contribution in [0.2, 0.25) is 0 Å². The fourth-order valence-electron chi connectivity index (χ4n) is 3.08. The summed E-state index contributed by atoms with van der Waals surface area (Å²) >= 11 is 0. The zero-order valence-electron chi connectivity index (χ0n) is 10.3. The maximum Gasteiger partial charge on any atom is 0.221 e. The van der Waals surface area contributed by atoms with E-state index in [-0.39, 0.29) is 5.91 Å². The Bertz CT molecular complexity index is 257. The van der Waals surface area contributed by atoms with Crippen LogP contribution in [0.25, 0.3) is 0 Å². The molecule has 0 saturated carbocycles. The number of carbonyl (C=O) groups is 1. The first-order chi connectivity index (χ1) is 7.72. The fraction of sp³-hybridized carbons (Fsp3) is 0.917. The number of hydrogen-bond donors (Lipinski definition) is 2. The summed E-state index contributed by atoms with van der Waals surface area (Å²) in [5.41, 5.74) is 0. The third kappa shape index (κ3) is 2.38. The van der Waals surface area contributed by atoms with E-state index in [0.717, 1.165) is 44.6 Å². The molecule has 2 aliphatic heterocycles. The number of likely N-dealkylation sites (tertiary alicyclic amines) is 1. The van der Waals surface area contributed by atoms with Crippen LogP contribution in [-0.2, 0) is 4.79 Å². The van der Waals surface area contributed by atoms with Gasteiger partial charge in [0.15, 0.2) is 0 Å². The lowest BCUT2D eigenvalue weighted by Gasteiger charge is -2.23. The van der Waals surface area contributed by atoms with Crippen molar-refractivity contribution in [2.45, 2.75) is 26.3 Å². The van der Waals surface area contributed by atoms with Gasteiger partial charge in [0, 0.05) is 32.1 Å². The second-order valence-corrected chi connectivity index (χ2v) is 5.02. The van der Waals surface area contributed by atoms with Crippen LogP contribution < -0.4 is 10.6 Å². The molecule has 2 heterocycles. The molecule has 4 heteroatoms. The molecule has 3 unspecified atom stereocenters. The van der Waals surface area contributed by atoms with Gasteiger partial charge in [0.25, 0.3) is 0 Å². The van der Waals surface area contributed by atoms with E-state index < -0.39 is 0 Å². The van der Waals surface area contributed by atoms with E-state index in [0.29, 0.717) is 12.5 Å². The molecule has 2 N–H and O–H groups in total. The topological polar surface area (TPSA) is 44.4 Å². The molecule has 0 aromatic heterocycles. The van der Waals surface area contributed by atoms with Crippen LogP contribution in [0.3, 0.4) is 0 Å². The van der Waals surface area contributed by atoms with Crippen molar-refractivity contribution in [3.8, 4) is 0 Å². The monoisotopic (exact) mass is 225 g/mol. The summed E-state index contributed by atoms with van der Waals surface area (Å²) < 4.78 is 0. The number of rotatable bonds is 4. The summed E-state index contributed by atoms with van der Waals surface area (Å²) in [6, 6.07) is 0.634. The van der Waals surface area contributed by atoms with E-state index in [2.05, 4.69) is 22.5 Å². The summed E-state index contributed by atoms with van der Waals surface area (Å²) in [6.07, 6.45) is 0.644. The summed E-state index contributed by atoms with van der Waals surface area (Å²) in [5.74, 6) is 1.79. The van der Waals surface area contributed by atoms with Gasteiger partial charge in [-0.25, -0.2) is 0 Å². The summed E-state index contributed by atoms with van der Waals surface area (Å²) in [7, 11) is 0. The normalized spacial score (nSPS) is 34.0. The van der Waals surface area contributed by atoms with Crippen molar-refractivity contribution in [1.29, 1.82) is 0 Å². The fourth-order valence-corrected chi connectivity index (χ4v) is 3.08. The van der Waals surface area contributed by atoms with E-state index >= 15 is 0 Å². The smallest absolute Gasteiger partial charge is 0.221 e. The first-order valence-corrected chi connectivity index (χ1v) is 6.43. The van der Waals surface area contributed by atoms with E-state index in [4.69, 9.17) is 0 Å². The van der Waals surface area contributed by atoms with Crippen molar-refractivity contribution in [1.82, 2.24) is 15.5 Å². The molecule has 0 aromatic rings. The Morgan fingerprint density at radius 1 is 1.50 bits per heavy atom. The van der Waals surface area contributed by atoms with Crippen molar-refractivity contribution in [2.24, 2.45) is 11.8 Å². The number of fused-ring (bicyclic) bond motifs is 1. The van der Waals surface area contributed by atoms with Gasteiger partial charge in [0.1, 0.15) is 0 Å². The molecular weight excluding hydrogens is 202 g/mol. The van der Waals surface area contributed by atoms with Gasteiger partial charge in [-0.15, -0.1) is 0 Å². The van der Waals surface area contributed by atoms with E-state index in [1.165, 1.54) is 0 Å². The molecule has 0 aliphatic carbocycles. The van der Waals surface area contributed by atoms with Crippen molar-refractivity contribution in [3.05, 3.63) is 0 Å². The highest BCUT2D eigenvalue weighted by Crippen LogP contribution is 2.31. The molecule has 0 bridgehead atoms. The molecule has 1 amide bonds. The Morgan fingerprint density at radius 3 is 3.00 bits per heavy atom. The molecule has 2 saturated heterocycles. The Hall–Kier alpha value is -0.610. The minimum Gasteiger partial charge on any atom is -0.356 e. The number of hydrogen-bond acceptors (Lipinski definition) is 3. The largest absolute Gasteiger partial charge is 0.356 e. The Labute approximate surface area is 97.8 Å². The molecule has 2 aliphatic rings. The van der Waals surface area contributed by atoms with Gasteiger partial charge in [0.05, 0.1) is 0 Å². The lowest BCUT2D eigenvalue weighted by atomic mass is 9.95. The van der Waals surface area contributed by atoms with Crippen LogP contribution in [0.15, 0.2) is 0 Å². The summed E-state index contributed by atoms with van der Waals surface area (Å²) in [6.45, 7) is 9.40. The van der Waals surface area contributed by atoms with Gasteiger partial charge in [-0.3, -0.25) is 9.69 Å². The standard InChI is InChI=1S/C12H23N3O/c1-3-14-12(16)4-5-15-8-10-6-13-7-11(10)9(15)2/h9-11,13H,3-8H2,1-2H3,(H,14,16). The van der Waals surface area contributed by atoms with Crippen molar-refractivity contribution in [3.63, 3.8) is 0 Å². The van der Waals surface area contributed by atoms with E-state index in [1.807, 2.05) is 6.92 Å². The molecule has 0 radical (unpaired) electrons. The lowest BCUT2D eigenvalue weighted by molar-refractivity contribution is -0.121. The number of nitrogens with zero attached hydrogens (tertiary/aromatic N) is 1. The quantitative estimate of drug-likeness (QED) is 0.711. The molecule has 4 nitrogen and oxygen atoms in total. The third-order valence-corrected chi connectivity index (χ3v) is 4.06. The average molecular weight is 225 g/mol. The number of nitrogens with one attached hydrogen (secondary N) is 2. The molecule has 2 fully saturated rings. The highest BCUT2D eigenvalue weighted by molar-refractivity contribution is 5.75. The average Bonchev–Trinajstić information content (AvgIpc) is 2.80. The zero-order chi connectivity index (χ0) is 11.5. The van der Waals surface area contributed by atoms with Crippen LogP contribution in [0.4, 0.5) is 0 Å². The highest BCUT2D eigenvalue weighted by Gasteiger charge is 2.41. The van der Waals surface area contributed by atoms with E-state index in [9.17, 15) is 4.79 Å². The Balaban J connectivity index is 1.77. The van der Waals surface area contributed by atoms with Crippen LogP contribution in [0, 0.1) is 11.8 Å². The molecule has 16 heavy (non-hydrogen) atoms. The third-order valence-electron chi connectivity index (χ3n) is 4.06. The van der Waals surface area contributed by atoms with Crippen molar-refractivity contribution >= 4 is 5.91 Å². The van der Waals surface area contributed by atoms with Crippen molar-refractivity contribution in [2.75, 3.05) is 32.7 Å². The second-order valence-electron chi connectivity index (χ2n) is 5.02. The Kier molecular flexibility index (Phi) is 3.82. The second kappa shape index (κ2) is 5.15. The highest BCUT2D eigenvalue weighted by atomic mass is 16.1. The first kappa shape index (κ1) is 11.9. The van der Waals surface area contributed by atoms with E-state index in [1.54, 1.807) is 0 Å². The van der Waals surface area contributed by atoms with Gasteiger partial charge in [-0.05, 0) is 38.8 Å². The number of carbonyl (C=O) groups excluding carboxylic acids is 1. The van der Waals surface area contributed by atoms with Crippen LogP contribution in [0.1, 0.15) is 20.3 Å². The Morgan fingerprint density at radius 2 is 2.31 bits per heavy atom. The summed E-state index contributed by atoms with van der Waals surface area (Å²) in [5, 5.41) is 6.31. The van der Waals surface area contributed by atoms with Crippen LogP contribution in [0.5, 0.6) is 0 Å². The zero-order valence-corrected chi connectivity index (χ0v) is 10.3. The maximum absolute atomic E-state index is 11.4. The molecular formula is C12H23N3O. The summed E-state index contributed by atoms with van der Waals surface area (Å²) in [4.78, 5) is 13.9. The number of amides is 1. The van der Waals surface area contributed by atoms with Gasteiger partial charge >= 0.3 is 0 Å². The van der Waals surface area contributed by atoms with Crippen LogP contribution >= 0.6 is 0 Å². The van der Waals surface area contributed by atoms with Gasteiger partial charge < -0.3 is 10.6 Å². The van der Waals surface area contributed by atoms with Gasteiger partial charge in [-0.2, -0.15) is 0 Å². The predicted octanol–water partition coefficient (Wildman–Crippen LogP) is 0.0523. The molecule has 92 valence electrons. The molecule has 0 aromatic carbocycles. The van der Waals surface area contributed by atoms with Crippen LogP contribution in [-0.4, -0.2) is 49.6 Å². The molecule has 2 rings (SSSR count). The minimum atomic E-state index is 0.185. The van der Waals surface area contributed by atoms with Gasteiger partial charge in [0.2, 0.25) is 5.91 Å². The first-order valence-electron chi connectivity index (χ1n) is 6.43. The van der Waals surface area contributed by atoms with Gasteiger partial charge in [-0.1, -0.05) is 0 Å². The lowest BCUT2D eigenvalue weighted by Crippen LogP contribution is -2.36. The maximum atomic E-state index is 11.4. The SMILES string of the molecule is CCNC(=O)CCN1CC2CNCC2C1C. The molecule has 3 atom stereocenters. The molecule has 0 spiro atoms.